The van der Waals surface area contributed by atoms with E-state index in [2.05, 4.69) is 21.4 Å². The number of unbranched alkanes of at least 4 members (excludes halogenated alkanes) is 6. The van der Waals surface area contributed by atoms with Crippen LogP contribution in [0.15, 0.2) is 43.3 Å². The van der Waals surface area contributed by atoms with Crippen molar-refractivity contribution in [3.63, 3.8) is 0 Å². The molecule has 0 bridgehead atoms. The molecule has 0 saturated carbocycles. The predicted octanol–water partition coefficient (Wildman–Crippen LogP) is 3.59. The van der Waals surface area contributed by atoms with E-state index >= 15 is 0 Å². The van der Waals surface area contributed by atoms with Crippen LogP contribution in [-0.2, 0) is 20.0 Å². The largest absolute Gasteiger partial charge is 0.453 e. The number of rotatable bonds is 14. The molecule has 0 aromatic heterocycles. The Morgan fingerprint density at radius 1 is 0.889 bits per heavy atom. The molecule has 3 rings (SSSR count). The second-order valence-electron chi connectivity index (χ2n) is 8.70. The number of sulfonamides is 2. The van der Waals surface area contributed by atoms with Crippen LogP contribution in [0.25, 0.3) is 22.6 Å². The van der Waals surface area contributed by atoms with Gasteiger partial charge in [-0.25, -0.2) is 31.3 Å². The molecule has 0 atom stereocenters. The Bertz CT molecular complexity index is 1430. The maximum Gasteiger partial charge on any atom is 0.245 e. The topological polar surface area (TPSA) is 161 Å². The quantitative estimate of drug-likeness (QED) is 0.159. The van der Waals surface area contributed by atoms with Gasteiger partial charge in [-0.15, -0.1) is 0 Å². The molecule has 0 spiro atoms. The summed E-state index contributed by atoms with van der Waals surface area (Å²) < 4.78 is 63.2. The number of benzene rings is 2. The van der Waals surface area contributed by atoms with Gasteiger partial charge in [-0.2, -0.15) is 0 Å². The summed E-state index contributed by atoms with van der Waals surface area (Å²) in [7, 11) is -8.19. The van der Waals surface area contributed by atoms with Crippen molar-refractivity contribution >= 4 is 36.8 Å². The Morgan fingerprint density at radius 2 is 1.50 bits per heavy atom. The lowest BCUT2D eigenvalue weighted by Gasteiger charge is -2.15. The third-order valence-corrected chi connectivity index (χ3v) is 8.86. The van der Waals surface area contributed by atoms with Crippen molar-refractivity contribution in [2.75, 3.05) is 18.8 Å². The van der Waals surface area contributed by atoms with Crippen LogP contribution in [0.2, 0.25) is 0 Å². The first-order chi connectivity index (χ1) is 17.1. The zero-order chi connectivity index (χ0) is 26.3. The molecule has 1 aromatic rings. The monoisotopic (exact) mass is 538 g/mol. The lowest BCUT2D eigenvalue weighted by Crippen LogP contribution is -2.29. The molecule has 2 aliphatic rings. The molecular formula is C24H34N4O6S2. The summed E-state index contributed by atoms with van der Waals surface area (Å²) >= 11 is 0. The predicted molar refractivity (Wildman–Crippen MR) is 140 cm³/mol. The van der Waals surface area contributed by atoms with Gasteiger partial charge in [0.25, 0.3) is 0 Å². The van der Waals surface area contributed by atoms with Crippen molar-refractivity contribution in [1.29, 1.82) is 0 Å². The van der Waals surface area contributed by atoms with Gasteiger partial charge in [0.1, 0.15) is 26.7 Å². The first-order valence-electron chi connectivity index (χ1n) is 12.3. The highest BCUT2D eigenvalue weighted by Crippen LogP contribution is 2.34. The fraction of sp³-hybridized carbons (Fsp3) is 0.500. The van der Waals surface area contributed by atoms with Crippen molar-refractivity contribution < 1.29 is 21.3 Å². The standard InChI is InChI=1S/C24H34N4O6S2/c1-3-5-7-9-14-26-35(30,31)20-13-11-12-18-22(20)28-23-19(34-18)16-17(29)21(25)24(23)36(32,33)27-15-10-8-6-4-2/h11-13,16,26-27H,3-10,14-15,25H2,1-2H3. The molecule has 0 amide bonds. The van der Waals surface area contributed by atoms with Gasteiger partial charge < -0.3 is 10.2 Å². The normalized spacial score (nSPS) is 12.5. The second-order valence-corrected chi connectivity index (χ2v) is 12.1. The average molecular weight is 539 g/mol. The fourth-order valence-corrected chi connectivity index (χ4v) is 6.46. The van der Waals surface area contributed by atoms with Gasteiger partial charge >= 0.3 is 0 Å². The highest BCUT2D eigenvalue weighted by molar-refractivity contribution is 7.90. The summed E-state index contributed by atoms with van der Waals surface area (Å²) in [6.07, 6.45) is 7.07. The number of nitrogen functional groups attached to an aromatic ring is 1. The highest BCUT2D eigenvalue weighted by Gasteiger charge is 2.30. The van der Waals surface area contributed by atoms with E-state index in [1.165, 1.54) is 18.2 Å². The summed E-state index contributed by atoms with van der Waals surface area (Å²) in [6, 6.07) is 5.43. The van der Waals surface area contributed by atoms with E-state index in [-0.39, 0.29) is 40.5 Å². The van der Waals surface area contributed by atoms with Crippen LogP contribution in [0.4, 0.5) is 5.69 Å². The van der Waals surface area contributed by atoms with Crippen LogP contribution in [0.1, 0.15) is 65.2 Å². The fourth-order valence-electron chi connectivity index (χ4n) is 3.88. The second kappa shape index (κ2) is 12.1. The molecule has 0 radical (unpaired) electrons. The van der Waals surface area contributed by atoms with Crippen LogP contribution < -0.4 is 20.6 Å². The lowest BCUT2D eigenvalue weighted by atomic mass is 10.2. The maximum absolute atomic E-state index is 13.2. The van der Waals surface area contributed by atoms with Gasteiger partial charge in [0.15, 0.2) is 11.3 Å². The van der Waals surface area contributed by atoms with Crippen molar-refractivity contribution in [1.82, 2.24) is 14.4 Å². The molecule has 1 heterocycles. The molecule has 1 aliphatic carbocycles. The number of hydrogen-bond donors (Lipinski definition) is 3. The Balaban J connectivity index is 2.07. The zero-order valence-corrected chi connectivity index (χ0v) is 22.3. The van der Waals surface area contributed by atoms with E-state index in [0.717, 1.165) is 44.6 Å². The first kappa shape index (κ1) is 28.0. The minimum absolute atomic E-state index is 0.0523. The van der Waals surface area contributed by atoms with E-state index in [1.807, 2.05) is 6.92 Å². The number of fused-ring (bicyclic) bond motifs is 2. The molecule has 1 aliphatic heterocycles. The van der Waals surface area contributed by atoms with Crippen LogP contribution in [0.3, 0.4) is 0 Å². The van der Waals surface area contributed by atoms with E-state index in [4.69, 9.17) is 10.2 Å². The molecule has 36 heavy (non-hydrogen) atoms. The highest BCUT2D eigenvalue weighted by atomic mass is 32.2. The minimum Gasteiger partial charge on any atom is -0.453 e. The summed E-state index contributed by atoms with van der Waals surface area (Å²) in [5, 5.41) is 0. The van der Waals surface area contributed by atoms with Crippen molar-refractivity contribution in [2.45, 2.75) is 75.0 Å². The molecule has 0 fully saturated rings. The van der Waals surface area contributed by atoms with Gasteiger partial charge in [-0.3, -0.25) is 4.79 Å². The van der Waals surface area contributed by atoms with Gasteiger partial charge in [0.05, 0.1) is 0 Å². The van der Waals surface area contributed by atoms with Crippen LogP contribution in [0, 0.1) is 0 Å². The van der Waals surface area contributed by atoms with Gasteiger partial charge in [-0.05, 0) is 25.0 Å². The summed E-state index contributed by atoms with van der Waals surface area (Å²) in [5.74, 6) is -0.102. The van der Waals surface area contributed by atoms with Crippen LogP contribution >= 0.6 is 0 Å². The van der Waals surface area contributed by atoms with Crippen molar-refractivity contribution in [2.24, 2.45) is 0 Å². The molecule has 0 saturated heterocycles. The molecule has 0 unspecified atom stereocenters. The smallest absolute Gasteiger partial charge is 0.245 e. The SMILES string of the molecule is CCCCCCNS(=O)(=O)c1c2nc3c(S(=O)(=O)NCCCCCC)cccc3oc-2cc(=O)c1N. The molecule has 12 heteroatoms. The molecule has 198 valence electrons. The van der Waals surface area contributed by atoms with E-state index in [1.54, 1.807) is 0 Å². The third kappa shape index (κ3) is 6.41. The van der Waals surface area contributed by atoms with Crippen LogP contribution in [-0.4, -0.2) is 34.9 Å². The maximum atomic E-state index is 13.2. The number of nitrogens with two attached hydrogens (primary N) is 1. The van der Waals surface area contributed by atoms with E-state index < -0.39 is 36.1 Å². The summed E-state index contributed by atoms with van der Waals surface area (Å²) in [6.45, 7) is 4.54. The van der Waals surface area contributed by atoms with Gasteiger partial charge in [0.2, 0.25) is 25.5 Å². The Morgan fingerprint density at radius 3 is 2.11 bits per heavy atom. The van der Waals surface area contributed by atoms with Gasteiger partial charge in [-0.1, -0.05) is 58.4 Å². The molecule has 10 nitrogen and oxygen atoms in total. The van der Waals surface area contributed by atoms with E-state index in [0.29, 0.717) is 12.8 Å². The van der Waals surface area contributed by atoms with Crippen LogP contribution in [0.5, 0.6) is 0 Å². The number of nitrogens with zero attached hydrogens (tertiary/aromatic N) is 1. The summed E-state index contributed by atoms with van der Waals surface area (Å²) in [4.78, 5) is 16.2. The number of aromatic nitrogens is 1. The van der Waals surface area contributed by atoms with Crippen molar-refractivity contribution in [3.8, 4) is 11.5 Å². The Kier molecular flexibility index (Phi) is 9.45. The average Bonchev–Trinajstić information content (AvgIpc) is 2.82. The Hall–Kier alpha value is -2.54. The number of hydrogen-bond acceptors (Lipinski definition) is 8. The first-order valence-corrected chi connectivity index (χ1v) is 15.2. The molecular weight excluding hydrogens is 504 g/mol. The summed E-state index contributed by atoms with van der Waals surface area (Å²) in [5.41, 5.74) is 4.53. The number of para-hydroxylation sites is 1. The minimum atomic E-state index is -4.23. The van der Waals surface area contributed by atoms with Gasteiger partial charge in [0, 0.05) is 19.2 Å². The molecule has 4 N–H and O–H groups in total. The number of nitrogens with one attached hydrogen (secondary N) is 2. The zero-order valence-electron chi connectivity index (χ0n) is 20.7. The van der Waals surface area contributed by atoms with E-state index in [9.17, 15) is 21.6 Å². The third-order valence-electron chi connectivity index (χ3n) is 5.83. The molecule has 1 aromatic carbocycles. The Labute approximate surface area is 212 Å². The number of anilines is 1. The van der Waals surface area contributed by atoms with Crippen molar-refractivity contribution in [3.05, 3.63) is 34.5 Å². The lowest BCUT2D eigenvalue weighted by molar-refractivity contribution is 0.570.